The molecule has 1 saturated heterocycles. The smallest absolute Gasteiger partial charge is 0.340 e. The van der Waals surface area contributed by atoms with Crippen molar-refractivity contribution in [3.8, 4) is 11.5 Å². The van der Waals surface area contributed by atoms with Gasteiger partial charge in [-0.15, -0.1) is 0 Å². The number of ether oxygens (including phenoxy) is 2. The van der Waals surface area contributed by atoms with Crippen LogP contribution in [-0.4, -0.2) is 45.6 Å². The number of hydrogen-bond donors (Lipinski definition) is 1. The molecule has 152 valence electrons. The van der Waals surface area contributed by atoms with Gasteiger partial charge in [-0.3, -0.25) is 4.79 Å². The molecule has 1 N–H and O–H groups in total. The first-order valence-electron chi connectivity index (χ1n) is 8.77. The number of hydrogen-bond acceptors (Lipinski definition) is 7. The summed E-state index contributed by atoms with van der Waals surface area (Å²) in [6.45, 7) is 3.42. The van der Waals surface area contributed by atoms with Crippen molar-refractivity contribution in [3.05, 3.63) is 33.7 Å². The molecule has 1 aromatic carbocycles. The molecule has 28 heavy (non-hydrogen) atoms. The maximum atomic E-state index is 12.5. The fourth-order valence-corrected chi connectivity index (χ4v) is 5.71. The van der Waals surface area contributed by atoms with Gasteiger partial charge in [-0.25, -0.2) is 13.2 Å². The third kappa shape index (κ3) is 3.84. The van der Waals surface area contributed by atoms with Crippen LogP contribution in [0.25, 0.3) is 11.0 Å². The molecule has 2 heterocycles. The molecule has 1 atom stereocenters. The second-order valence-corrected chi connectivity index (χ2v) is 9.51. The summed E-state index contributed by atoms with van der Waals surface area (Å²) >= 11 is 0. The fraction of sp³-hybridized carbons (Fsp3) is 0.474. The van der Waals surface area contributed by atoms with Gasteiger partial charge in [-0.1, -0.05) is 0 Å². The Kier molecular flexibility index (Phi) is 5.14. The first-order chi connectivity index (χ1) is 13.1. The monoisotopic (exact) mass is 409 g/mol. The average Bonchev–Trinajstić information content (AvgIpc) is 2.89. The first-order valence-corrected chi connectivity index (χ1v) is 10.6. The number of benzene rings is 1. The van der Waals surface area contributed by atoms with E-state index in [0.717, 1.165) is 0 Å². The van der Waals surface area contributed by atoms with E-state index in [-0.39, 0.29) is 23.5 Å². The summed E-state index contributed by atoms with van der Waals surface area (Å²) < 4.78 is 39.4. The molecule has 1 aromatic heterocycles. The van der Waals surface area contributed by atoms with E-state index in [1.807, 2.05) is 0 Å². The molecule has 0 bridgehead atoms. The predicted octanol–water partition coefficient (Wildman–Crippen LogP) is 1.35. The van der Waals surface area contributed by atoms with E-state index >= 15 is 0 Å². The van der Waals surface area contributed by atoms with Gasteiger partial charge in [0, 0.05) is 12.1 Å². The zero-order chi connectivity index (χ0) is 20.7. The van der Waals surface area contributed by atoms with Crippen molar-refractivity contribution in [2.45, 2.75) is 32.2 Å². The lowest BCUT2D eigenvalue weighted by molar-refractivity contribution is -0.122. The van der Waals surface area contributed by atoms with Crippen LogP contribution in [0.5, 0.6) is 11.5 Å². The standard InChI is InChI=1S/C19H23NO7S/c1-11-13(9-16(21)20-19(2)5-6-28(23,24)10-19)18(22)27-15-8-12(25-3)7-14(26-4)17(11)15/h7-8H,5-6,9-10H2,1-4H3,(H,20,21). The molecule has 1 fully saturated rings. The van der Waals surface area contributed by atoms with Crippen molar-refractivity contribution in [1.82, 2.24) is 5.32 Å². The Hall–Kier alpha value is -2.55. The van der Waals surface area contributed by atoms with Crippen molar-refractivity contribution in [1.29, 1.82) is 0 Å². The molecule has 3 rings (SSSR count). The highest BCUT2D eigenvalue weighted by Gasteiger charge is 2.39. The van der Waals surface area contributed by atoms with Crippen LogP contribution in [0.2, 0.25) is 0 Å². The SMILES string of the molecule is COc1cc(OC)c2c(C)c(CC(=O)NC3(C)CCS(=O)(=O)C3)c(=O)oc2c1. The molecule has 9 heteroatoms. The van der Waals surface area contributed by atoms with Gasteiger partial charge in [0.25, 0.3) is 0 Å². The van der Waals surface area contributed by atoms with Crippen LogP contribution in [-0.2, 0) is 21.1 Å². The highest BCUT2D eigenvalue weighted by molar-refractivity contribution is 7.91. The maximum absolute atomic E-state index is 12.5. The lowest BCUT2D eigenvalue weighted by Crippen LogP contribution is -2.47. The minimum absolute atomic E-state index is 0.0416. The number of amides is 1. The molecule has 0 aliphatic carbocycles. The second kappa shape index (κ2) is 7.12. The van der Waals surface area contributed by atoms with Crippen LogP contribution in [0.15, 0.2) is 21.3 Å². The van der Waals surface area contributed by atoms with Crippen molar-refractivity contribution in [2.24, 2.45) is 0 Å². The molecule has 8 nitrogen and oxygen atoms in total. The summed E-state index contributed by atoms with van der Waals surface area (Å²) in [7, 11) is -0.170. The number of rotatable bonds is 5. The fourth-order valence-electron chi connectivity index (χ4n) is 3.62. The molecule has 0 radical (unpaired) electrons. The molecule has 1 amide bonds. The summed E-state index contributed by atoms with van der Waals surface area (Å²) in [4.78, 5) is 25.0. The van der Waals surface area contributed by atoms with Crippen molar-refractivity contribution in [2.75, 3.05) is 25.7 Å². The van der Waals surface area contributed by atoms with E-state index in [9.17, 15) is 18.0 Å². The number of fused-ring (bicyclic) bond motifs is 1. The second-order valence-electron chi connectivity index (χ2n) is 7.32. The van der Waals surface area contributed by atoms with Gasteiger partial charge in [-0.05, 0) is 25.8 Å². The predicted molar refractivity (Wildman–Crippen MR) is 104 cm³/mol. The lowest BCUT2D eigenvalue weighted by atomic mass is 9.99. The third-order valence-corrected chi connectivity index (χ3v) is 6.96. The topological polar surface area (TPSA) is 112 Å². The molecular weight excluding hydrogens is 386 g/mol. The first kappa shape index (κ1) is 20.2. The van der Waals surface area contributed by atoms with Gasteiger partial charge in [-0.2, -0.15) is 0 Å². The largest absolute Gasteiger partial charge is 0.496 e. The summed E-state index contributed by atoms with van der Waals surface area (Å²) in [5.41, 5.74) is -0.370. The van der Waals surface area contributed by atoms with E-state index in [2.05, 4.69) is 5.32 Å². The van der Waals surface area contributed by atoms with Crippen LogP contribution in [0, 0.1) is 6.92 Å². The lowest BCUT2D eigenvalue weighted by Gasteiger charge is -2.24. The Morgan fingerprint density at radius 1 is 1.29 bits per heavy atom. The maximum Gasteiger partial charge on any atom is 0.340 e. The van der Waals surface area contributed by atoms with Crippen molar-refractivity contribution in [3.63, 3.8) is 0 Å². The van der Waals surface area contributed by atoms with E-state index in [4.69, 9.17) is 13.9 Å². The quantitative estimate of drug-likeness (QED) is 0.742. The van der Waals surface area contributed by atoms with Crippen LogP contribution < -0.4 is 20.4 Å². The Balaban J connectivity index is 1.95. The van der Waals surface area contributed by atoms with Crippen LogP contribution in [0.1, 0.15) is 24.5 Å². The number of carbonyl (C=O) groups is 1. The highest BCUT2D eigenvalue weighted by Crippen LogP contribution is 2.33. The van der Waals surface area contributed by atoms with Crippen LogP contribution in [0.3, 0.4) is 0 Å². The van der Waals surface area contributed by atoms with Crippen LogP contribution in [0.4, 0.5) is 0 Å². The Morgan fingerprint density at radius 2 is 2.00 bits per heavy atom. The van der Waals surface area contributed by atoms with Gasteiger partial charge in [0.1, 0.15) is 17.1 Å². The minimum Gasteiger partial charge on any atom is -0.496 e. The number of methoxy groups -OCH3 is 2. The Bertz CT molecular complexity index is 1100. The molecule has 2 aromatic rings. The molecule has 1 aliphatic heterocycles. The molecular formula is C19H23NO7S. The third-order valence-electron chi connectivity index (χ3n) is 5.05. The van der Waals surface area contributed by atoms with Gasteiger partial charge >= 0.3 is 5.63 Å². The number of carbonyl (C=O) groups excluding carboxylic acids is 1. The number of nitrogens with one attached hydrogen (secondary N) is 1. The summed E-state index contributed by atoms with van der Waals surface area (Å²) in [6, 6.07) is 3.25. The Labute approximate surface area is 162 Å². The molecule has 0 spiro atoms. The normalized spacial score (nSPS) is 20.9. The Morgan fingerprint density at radius 3 is 2.57 bits per heavy atom. The number of aryl methyl sites for hydroxylation is 1. The van der Waals surface area contributed by atoms with Crippen LogP contribution >= 0.6 is 0 Å². The molecule has 0 saturated carbocycles. The van der Waals surface area contributed by atoms with Gasteiger partial charge < -0.3 is 19.2 Å². The van der Waals surface area contributed by atoms with E-state index in [1.54, 1.807) is 26.0 Å². The summed E-state index contributed by atoms with van der Waals surface area (Å²) in [5, 5.41) is 3.34. The average molecular weight is 409 g/mol. The molecule has 1 unspecified atom stereocenters. The van der Waals surface area contributed by atoms with Gasteiger partial charge in [0.2, 0.25) is 5.91 Å². The van der Waals surface area contributed by atoms with E-state index < -0.39 is 26.9 Å². The summed E-state index contributed by atoms with van der Waals surface area (Å²) in [6.07, 6.45) is 0.134. The van der Waals surface area contributed by atoms with E-state index in [1.165, 1.54) is 14.2 Å². The zero-order valence-corrected chi connectivity index (χ0v) is 17.1. The minimum atomic E-state index is -3.16. The summed E-state index contributed by atoms with van der Waals surface area (Å²) in [5.74, 6) is 0.450. The highest BCUT2D eigenvalue weighted by atomic mass is 32.2. The van der Waals surface area contributed by atoms with Crippen molar-refractivity contribution >= 4 is 26.7 Å². The van der Waals surface area contributed by atoms with Gasteiger partial charge in [0.15, 0.2) is 9.84 Å². The zero-order valence-electron chi connectivity index (χ0n) is 16.2. The van der Waals surface area contributed by atoms with Gasteiger partial charge in [0.05, 0.1) is 48.6 Å². The van der Waals surface area contributed by atoms with E-state index in [0.29, 0.717) is 34.5 Å². The number of sulfone groups is 1. The van der Waals surface area contributed by atoms with Crippen molar-refractivity contribution < 1.29 is 27.1 Å². The molecule has 1 aliphatic rings.